The summed E-state index contributed by atoms with van der Waals surface area (Å²) in [5, 5.41) is 2.52. The number of ether oxygens (including phenoxy) is 1. The van der Waals surface area contributed by atoms with Gasteiger partial charge in [-0.25, -0.2) is 0 Å². The average molecular weight is 355 g/mol. The van der Waals surface area contributed by atoms with Crippen molar-refractivity contribution in [2.45, 2.75) is 37.9 Å². The van der Waals surface area contributed by atoms with Crippen LogP contribution in [-0.2, 0) is 6.54 Å². The lowest BCUT2D eigenvalue weighted by atomic mass is 9.93. The van der Waals surface area contributed by atoms with Crippen LogP contribution < -0.4 is 4.74 Å². The Balaban J connectivity index is 1.42. The molecule has 2 heterocycles. The fourth-order valence-corrected chi connectivity index (χ4v) is 4.72. The van der Waals surface area contributed by atoms with Gasteiger partial charge < -0.3 is 4.74 Å². The molecule has 3 aromatic rings. The van der Waals surface area contributed by atoms with Crippen molar-refractivity contribution in [3.05, 3.63) is 83.9 Å². The summed E-state index contributed by atoms with van der Waals surface area (Å²) < 4.78 is 5.35. The number of rotatable bonds is 4. The molecule has 0 aliphatic carbocycles. The first-order valence-corrected chi connectivity index (χ1v) is 9.89. The van der Waals surface area contributed by atoms with Gasteiger partial charge in [0.1, 0.15) is 5.75 Å². The second-order valence-corrected chi connectivity index (χ2v) is 7.78. The quantitative estimate of drug-likeness (QED) is 0.598. The first kappa shape index (κ1) is 16.6. The van der Waals surface area contributed by atoms with Crippen molar-refractivity contribution in [1.29, 1.82) is 0 Å². The molecule has 0 saturated carbocycles. The van der Waals surface area contributed by atoms with Gasteiger partial charge in [0.05, 0.1) is 7.11 Å². The molecule has 0 aromatic heterocycles. The van der Waals surface area contributed by atoms with E-state index >= 15 is 0 Å². The second-order valence-electron chi connectivity index (χ2n) is 7.78. The number of methoxy groups -OCH3 is 1. The third-order valence-electron chi connectivity index (χ3n) is 6.17. The van der Waals surface area contributed by atoms with E-state index in [0.717, 1.165) is 18.7 Å². The van der Waals surface area contributed by atoms with Crippen molar-refractivity contribution in [3.8, 4) is 5.75 Å². The molecule has 2 aliphatic rings. The van der Waals surface area contributed by atoms with Gasteiger partial charge in [0.25, 0.3) is 0 Å². The van der Waals surface area contributed by atoms with Crippen LogP contribution in [0.2, 0.25) is 0 Å². The summed E-state index contributed by atoms with van der Waals surface area (Å²) >= 11 is 0. The van der Waals surface area contributed by atoms with Crippen LogP contribution in [0.15, 0.2) is 72.8 Å². The van der Waals surface area contributed by atoms with Gasteiger partial charge in [0.2, 0.25) is 0 Å². The predicted octanol–water partition coefficient (Wildman–Crippen LogP) is 5.67. The molecule has 2 heteroatoms. The van der Waals surface area contributed by atoms with Gasteiger partial charge in [0, 0.05) is 18.6 Å². The number of hydrogen-bond donors (Lipinski definition) is 0. The Bertz CT molecular complexity index is 992. The molecule has 0 N–H and O–H groups in total. The van der Waals surface area contributed by atoms with E-state index in [1.807, 2.05) is 6.07 Å². The van der Waals surface area contributed by atoms with E-state index < -0.39 is 0 Å². The minimum absolute atomic E-state index is 0.575. The summed E-state index contributed by atoms with van der Waals surface area (Å²) in [6.45, 7) is 1.07. The Morgan fingerprint density at radius 1 is 0.926 bits per heavy atom. The molecule has 136 valence electrons. The molecule has 1 fully saturated rings. The minimum atomic E-state index is 0.575. The molecule has 5 rings (SSSR count). The highest BCUT2D eigenvalue weighted by Crippen LogP contribution is 2.40. The van der Waals surface area contributed by atoms with E-state index in [4.69, 9.17) is 4.74 Å². The Labute approximate surface area is 161 Å². The molecule has 0 radical (unpaired) electrons. The fourth-order valence-electron chi connectivity index (χ4n) is 4.72. The zero-order chi connectivity index (χ0) is 18.2. The lowest BCUT2D eigenvalue weighted by Gasteiger charge is -2.34. The topological polar surface area (TPSA) is 12.5 Å². The van der Waals surface area contributed by atoms with E-state index in [1.165, 1.54) is 40.3 Å². The number of benzene rings is 3. The van der Waals surface area contributed by atoms with Gasteiger partial charge >= 0.3 is 0 Å². The largest absolute Gasteiger partial charge is 0.497 e. The number of hydrogen-bond acceptors (Lipinski definition) is 2. The monoisotopic (exact) mass is 355 g/mol. The molecular weight excluding hydrogens is 330 g/mol. The highest BCUT2D eigenvalue weighted by molar-refractivity contribution is 5.87. The maximum Gasteiger partial charge on any atom is 0.119 e. The molecule has 1 saturated heterocycles. The van der Waals surface area contributed by atoms with Gasteiger partial charge in [-0.2, -0.15) is 0 Å². The van der Waals surface area contributed by atoms with Crippen LogP contribution in [0, 0.1) is 0 Å². The van der Waals surface area contributed by atoms with Crippen LogP contribution >= 0.6 is 0 Å². The summed E-state index contributed by atoms with van der Waals surface area (Å²) in [7, 11) is 1.72. The van der Waals surface area contributed by atoms with Crippen LogP contribution in [0.3, 0.4) is 0 Å². The summed E-state index contributed by atoms with van der Waals surface area (Å²) in [5.74, 6) is 0.918. The van der Waals surface area contributed by atoms with Gasteiger partial charge in [0.15, 0.2) is 0 Å². The molecule has 0 amide bonds. The summed E-state index contributed by atoms with van der Waals surface area (Å²) in [6, 6.07) is 25.3. The summed E-state index contributed by atoms with van der Waals surface area (Å²) in [6.07, 6.45) is 6.27. The summed E-state index contributed by atoms with van der Waals surface area (Å²) in [5.41, 5.74) is 4.32. The maximum atomic E-state index is 5.35. The third-order valence-corrected chi connectivity index (χ3v) is 6.17. The molecule has 2 bridgehead atoms. The van der Waals surface area contributed by atoms with Crippen molar-refractivity contribution >= 4 is 16.3 Å². The summed E-state index contributed by atoms with van der Waals surface area (Å²) in [4.78, 5) is 2.70. The Kier molecular flexibility index (Phi) is 4.21. The predicted molar refractivity (Wildman–Crippen MR) is 112 cm³/mol. The minimum Gasteiger partial charge on any atom is -0.497 e. The molecule has 2 aliphatic heterocycles. The van der Waals surface area contributed by atoms with E-state index in [0.29, 0.717) is 12.1 Å². The van der Waals surface area contributed by atoms with Crippen LogP contribution in [0.5, 0.6) is 5.75 Å². The zero-order valence-electron chi connectivity index (χ0n) is 15.8. The molecule has 27 heavy (non-hydrogen) atoms. The fraction of sp³-hybridized carbons (Fsp3) is 0.280. The molecule has 2 nitrogen and oxygen atoms in total. The molecular formula is C25H25NO. The normalized spacial score (nSPS) is 22.0. The molecule has 2 atom stereocenters. The van der Waals surface area contributed by atoms with Gasteiger partial charge in [-0.05, 0) is 64.9 Å². The maximum absolute atomic E-state index is 5.35. The Morgan fingerprint density at radius 2 is 1.74 bits per heavy atom. The highest BCUT2D eigenvalue weighted by atomic mass is 16.5. The lowest BCUT2D eigenvalue weighted by molar-refractivity contribution is 0.203. The highest BCUT2D eigenvalue weighted by Gasteiger charge is 2.36. The van der Waals surface area contributed by atoms with E-state index in [9.17, 15) is 0 Å². The van der Waals surface area contributed by atoms with Crippen molar-refractivity contribution in [1.82, 2.24) is 4.90 Å². The molecule has 3 aromatic carbocycles. The third kappa shape index (κ3) is 3.15. The van der Waals surface area contributed by atoms with Crippen LogP contribution in [0.1, 0.15) is 30.4 Å². The lowest BCUT2D eigenvalue weighted by Crippen LogP contribution is -2.37. The van der Waals surface area contributed by atoms with Crippen molar-refractivity contribution in [3.63, 3.8) is 0 Å². The van der Waals surface area contributed by atoms with E-state index in [1.54, 1.807) is 7.11 Å². The molecule has 2 unspecified atom stereocenters. The van der Waals surface area contributed by atoms with Crippen molar-refractivity contribution in [2.75, 3.05) is 7.11 Å². The first-order valence-electron chi connectivity index (χ1n) is 9.89. The van der Waals surface area contributed by atoms with Crippen molar-refractivity contribution in [2.24, 2.45) is 0 Å². The van der Waals surface area contributed by atoms with E-state index in [2.05, 4.69) is 71.6 Å². The van der Waals surface area contributed by atoms with E-state index in [-0.39, 0.29) is 0 Å². The van der Waals surface area contributed by atoms with Crippen LogP contribution in [-0.4, -0.2) is 24.1 Å². The smallest absolute Gasteiger partial charge is 0.119 e. The van der Waals surface area contributed by atoms with Crippen LogP contribution in [0.25, 0.3) is 16.3 Å². The second kappa shape index (κ2) is 6.86. The Morgan fingerprint density at radius 3 is 2.56 bits per heavy atom. The van der Waals surface area contributed by atoms with Gasteiger partial charge in [-0.3, -0.25) is 4.90 Å². The van der Waals surface area contributed by atoms with Gasteiger partial charge in [-0.1, -0.05) is 54.6 Å². The first-order chi connectivity index (χ1) is 13.3. The average Bonchev–Trinajstić information content (AvgIpc) is 2.95. The zero-order valence-corrected chi connectivity index (χ0v) is 15.8. The Hall–Kier alpha value is -2.58. The molecule has 0 spiro atoms. The number of nitrogens with zero attached hydrogens (tertiary/aromatic N) is 1. The van der Waals surface area contributed by atoms with Gasteiger partial charge in [-0.15, -0.1) is 0 Å². The number of fused-ring (bicyclic) bond motifs is 3. The SMILES string of the molecule is COc1ccc2cc(C3=CC4CCC(C3)N4Cc3ccccc3)ccc2c1. The standard InChI is InChI=1S/C25H25NO/c1-27-25-12-9-19-13-20(7-8-21(19)16-25)22-14-23-10-11-24(15-22)26(23)17-18-5-3-2-4-6-18/h2-9,12-14,16,23-24H,10-11,15,17H2,1H3. The van der Waals surface area contributed by atoms with Crippen LogP contribution in [0.4, 0.5) is 0 Å². The van der Waals surface area contributed by atoms with Crippen molar-refractivity contribution < 1.29 is 4.74 Å².